The average molecular weight is 500 g/mol. The molecule has 0 amide bonds. The van der Waals surface area contributed by atoms with E-state index in [2.05, 4.69) is 63.6 Å². The van der Waals surface area contributed by atoms with Crippen molar-refractivity contribution in [3.63, 3.8) is 0 Å². The highest BCUT2D eigenvalue weighted by atomic mass is 79.9. The summed E-state index contributed by atoms with van der Waals surface area (Å²) in [6.07, 6.45) is 1.10. The van der Waals surface area contributed by atoms with Gasteiger partial charge < -0.3 is 14.3 Å². The van der Waals surface area contributed by atoms with Crippen LogP contribution in [-0.4, -0.2) is 32.9 Å². The number of hydrogen-bond donors (Lipinski definition) is 1. The zero-order valence-electron chi connectivity index (χ0n) is 20.3. The Morgan fingerprint density at radius 3 is 2.13 bits per heavy atom. The van der Waals surface area contributed by atoms with Gasteiger partial charge in [-0.05, 0) is 70.4 Å². The number of carbonyl (C=O) groups is 1. The highest BCUT2D eigenvalue weighted by Gasteiger charge is 2.57. The first-order chi connectivity index (χ1) is 13.4. The fourth-order valence-electron chi connectivity index (χ4n) is 4.47. The molecule has 0 bridgehead atoms. The Hall–Kier alpha value is -0.853. The number of carbonyl (C=O) groups excluding carboxylic acids is 1. The van der Waals surface area contributed by atoms with Crippen LogP contribution in [0, 0.1) is 10.8 Å². The Labute approximate surface area is 192 Å². The zero-order valence-corrected chi connectivity index (χ0v) is 22.9. The highest BCUT2D eigenvalue weighted by Crippen LogP contribution is 2.58. The lowest BCUT2D eigenvalue weighted by atomic mass is 9.49. The number of rotatable bonds is 5. The van der Waals surface area contributed by atoms with E-state index in [0.717, 1.165) is 22.2 Å². The summed E-state index contributed by atoms with van der Waals surface area (Å²) in [5, 5.41) is 9.99. The summed E-state index contributed by atoms with van der Waals surface area (Å²) in [6.45, 7) is 19.4. The van der Waals surface area contributed by atoms with Crippen LogP contribution < -0.4 is 9.16 Å². The van der Waals surface area contributed by atoms with Crippen molar-refractivity contribution >= 4 is 30.0 Å². The lowest BCUT2D eigenvalue weighted by Gasteiger charge is -2.53. The summed E-state index contributed by atoms with van der Waals surface area (Å²) in [7, 11) is -0.504. The zero-order chi connectivity index (χ0) is 23.3. The molecule has 1 saturated carbocycles. The number of hydrogen-bond acceptors (Lipinski definition) is 4. The maximum absolute atomic E-state index is 13.7. The van der Waals surface area contributed by atoms with Gasteiger partial charge >= 0.3 is 0 Å². The van der Waals surface area contributed by atoms with Gasteiger partial charge in [-0.2, -0.15) is 0 Å². The van der Waals surface area contributed by atoms with Gasteiger partial charge in [0.05, 0.1) is 17.0 Å². The Morgan fingerprint density at radius 1 is 1.13 bits per heavy atom. The number of Topliss-reactive ketones (excluding diaryl/α,β-unsaturated/α-hetero) is 1. The monoisotopic (exact) mass is 498 g/mol. The third kappa shape index (κ3) is 4.24. The third-order valence-electron chi connectivity index (χ3n) is 7.71. The molecule has 30 heavy (non-hydrogen) atoms. The van der Waals surface area contributed by atoms with Crippen molar-refractivity contribution in [1.29, 1.82) is 0 Å². The van der Waals surface area contributed by atoms with Crippen molar-refractivity contribution in [2.75, 3.05) is 13.7 Å². The van der Waals surface area contributed by atoms with Crippen LogP contribution in [0.25, 0.3) is 0 Å². The molecule has 0 aromatic heterocycles. The van der Waals surface area contributed by atoms with Crippen LogP contribution in [0.2, 0.25) is 18.1 Å². The second-order valence-electron chi connectivity index (χ2n) is 11.6. The minimum absolute atomic E-state index is 0.00916. The van der Waals surface area contributed by atoms with Crippen LogP contribution >= 0.6 is 15.9 Å². The van der Waals surface area contributed by atoms with Gasteiger partial charge in [-0.1, -0.05) is 41.5 Å². The summed E-state index contributed by atoms with van der Waals surface area (Å²) in [5.74, 6) is 1.58. The number of halogens is 1. The van der Waals surface area contributed by atoms with E-state index in [9.17, 15) is 9.90 Å². The average Bonchev–Trinajstić information content (AvgIpc) is 2.58. The van der Waals surface area contributed by atoms with Crippen LogP contribution in [0.5, 0.6) is 11.5 Å². The summed E-state index contributed by atoms with van der Waals surface area (Å²) in [6, 6.07) is 3.93. The molecule has 1 aliphatic carbocycles. The predicted octanol–water partition coefficient (Wildman–Crippen LogP) is 6.49. The van der Waals surface area contributed by atoms with Crippen LogP contribution in [-0.2, 0) is 10.2 Å². The van der Waals surface area contributed by atoms with Crippen LogP contribution in [0.3, 0.4) is 0 Å². The Balaban J connectivity index is 2.74. The molecule has 1 aromatic carbocycles. The molecule has 1 aromatic rings. The van der Waals surface area contributed by atoms with Gasteiger partial charge in [-0.3, -0.25) is 4.79 Å². The summed E-state index contributed by atoms with van der Waals surface area (Å²) >= 11 is 3.61. The van der Waals surface area contributed by atoms with E-state index in [-0.39, 0.29) is 22.8 Å². The molecule has 0 heterocycles. The molecule has 0 spiro atoms. The smallest absolute Gasteiger partial charge is 0.250 e. The van der Waals surface area contributed by atoms with Crippen LogP contribution in [0.4, 0.5) is 0 Å². The second-order valence-corrected chi connectivity index (χ2v) is 17.2. The maximum Gasteiger partial charge on any atom is 0.250 e. The number of ether oxygens (including phenoxy) is 1. The van der Waals surface area contributed by atoms with Gasteiger partial charge in [0.25, 0.3) is 0 Å². The summed E-state index contributed by atoms with van der Waals surface area (Å²) in [4.78, 5) is 13.7. The number of ketones is 1. The van der Waals surface area contributed by atoms with E-state index in [1.807, 2.05) is 26.0 Å². The maximum atomic E-state index is 13.7. The third-order valence-corrected chi connectivity index (χ3v) is 12.7. The van der Waals surface area contributed by atoms with Gasteiger partial charge in [0.15, 0.2) is 0 Å². The quantitative estimate of drug-likeness (QED) is 0.471. The number of aliphatic hydroxyl groups excluding tert-OH is 1. The summed E-state index contributed by atoms with van der Waals surface area (Å²) in [5.41, 5.74) is -0.653. The molecule has 1 aliphatic rings. The van der Waals surface area contributed by atoms with Crippen molar-refractivity contribution in [1.82, 2.24) is 0 Å². The predicted molar refractivity (Wildman–Crippen MR) is 129 cm³/mol. The number of benzene rings is 1. The molecule has 2 rings (SSSR count). The van der Waals surface area contributed by atoms with Crippen LogP contribution in [0.1, 0.15) is 66.9 Å². The number of aliphatic hydroxyl groups is 1. The molecule has 4 nitrogen and oxygen atoms in total. The van der Waals surface area contributed by atoms with Crippen molar-refractivity contribution in [3.05, 3.63) is 22.2 Å². The van der Waals surface area contributed by atoms with Gasteiger partial charge in [-0.15, -0.1) is 0 Å². The molecule has 2 atom stereocenters. The lowest BCUT2D eigenvalue weighted by molar-refractivity contribution is -0.139. The molecular weight excluding hydrogens is 460 g/mol. The normalized spacial score (nSPS) is 27.1. The minimum Gasteiger partial charge on any atom is -0.543 e. The van der Waals surface area contributed by atoms with E-state index in [1.54, 1.807) is 7.11 Å². The lowest BCUT2D eigenvalue weighted by Crippen LogP contribution is -2.55. The highest BCUT2D eigenvalue weighted by molar-refractivity contribution is 9.10. The SMILES string of the molecule is COc1cc(C2(C)C(=O)CC(C)(CO)CC2(C)C)c(O[Si](C)(C)C(C)(C)C)cc1Br. The largest absolute Gasteiger partial charge is 0.543 e. The van der Waals surface area contributed by atoms with Gasteiger partial charge in [0, 0.05) is 18.6 Å². The molecule has 170 valence electrons. The molecule has 0 aliphatic heterocycles. The van der Waals surface area contributed by atoms with Gasteiger partial charge in [-0.25, -0.2) is 0 Å². The van der Waals surface area contributed by atoms with E-state index in [0.29, 0.717) is 12.2 Å². The Morgan fingerprint density at radius 2 is 1.70 bits per heavy atom. The molecule has 0 radical (unpaired) electrons. The van der Waals surface area contributed by atoms with E-state index in [4.69, 9.17) is 9.16 Å². The molecule has 0 saturated heterocycles. The van der Waals surface area contributed by atoms with Crippen molar-refractivity contribution in [2.45, 2.75) is 84.9 Å². The molecule has 1 fully saturated rings. The molecule has 2 unspecified atom stereocenters. The van der Waals surface area contributed by atoms with Crippen molar-refractivity contribution in [2.24, 2.45) is 10.8 Å². The van der Waals surface area contributed by atoms with E-state index < -0.39 is 19.1 Å². The first-order valence-corrected chi connectivity index (χ1v) is 14.4. The summed E-state index contributed by atoms with van der Waals surface area (Å²) < 4.78 is 13.2. The van der Waals surface area contributed by atoms with E-state index in [1.165, 1.54) is 0 Å². The molecule has 6 heteroatoms. The van der Waals surface area contributed by atoms with Crippen molar-refractivity contribution in [3.8, 4) is 11.5 Å². The first kappa shape index (κ1) is 25.4. The Kier molecular flexibility index (Phi) is 6.72. The fraction of sp³-hybridized carbons (Fsp3) is 0.708. The fourth-order valence-corrected chi connectivity index (χ4v) is 5.98. The van der Waals surface area contributed by atoms with Crippen molar-refractivity contribution < 1.29 is 19.1 Å². The topological polar surface area (TPSA) is 55.8 Å². The Bertz CT molecular complexity index is 827. The standard InChI is InChI=1S/C24H39BrO4Si/c1-21(2,3)30(9,10)29-18-12-17(25)19(28-8)11-16(18)24(7)20(27)13-23(6,15-26)14-22(24,4)5/h11-12,26H,13-15H2,1-10H3. The second kappa shape index (κ2) is 7.93. The van der Waals surface area contributed by atoms with Gasteiger partial charge in [0.2, 0.25) is 8.32 Å². The minimum atomic E-state index is -2.14. The molecular formula is C24H39BrO4Si. The van der Waals surface area contributed by atoms with Crippen LogP contribution in [0.15, 0.2) is 16.6 Å². The first-order valence-electron chi connectivity index (χ1n) is 10.7. The number of methoxy groups -OCH3 is 1. The van der Waals surface area contributed by atoms with Gasteiger partial charge in [0.1, 0.15) is 17.3 Å². The molecule has 1 N–H and O–H groups in total. The van der Waals surface area contributed by atoms with E-state index >= 15 is 0 Å².